The number of phenols is 2. The Bertz CT molecular complexity index is 5170. The number of hydrogen-bond donors (Lipinski definition) is 26. The van der Waals surface area contributed by atoms with Gasteiger partial charge in [0.15, 0.2) is 11.6 Å². The second kappa shape index (κ2) is 48.7. The van der Waals surface area contributed by atoms with Gasteiger partial charge in [-0.1, -0.05) is 34.1 Å². The van der Waals surface area contributed by atoms with E-state index < -0.39 is 260 Å². The highest BCUT2D eigenvalue weighted by atomic mass is 16.6. The van der Waals surface area contributed by atoms with Crippen molar-refractivity contribution in [3.05, 3.63) is 119 Å². The summed E-state index contributed by atoms with van der Waals surface area (Å²) >= 11 is 0. The maximum Gasteiger partial charge on any atom is 0.340 e. The van der Waals surface area contributed by atoms with Gasteiger partial charge in [-0.05, 0) is 121 Å². The number of phenolic OH excluding ortho intramolecular Hbond substituents is 2. The first-order valence-electron chi connectivity index (χ1n) is 42.4. The summed E-state index contributed by atoms with van der Waals surface area (Å²) in [6, 6.07) is -7.88. The van der Waals surface area contributed by atoms with E-state index in [1.807, 2.05) is 0 Å². The average Bonchev–Trinajstić information content (AvgIpc) is 1.52. The van der Waals surface area contributed by atoms with E-state index in [1.54, 1.807) is 20.8 Å². The number of benzene rings is 3. The van der Waals surface area contributed by atoms with Gasteiger partial charge in [0.1, 0.15) is 102 Å². The number of nitrogens with one attached hydrogen (secondary N) is 19. The van der Waals surface area contributed by atoms with Crippen LogP contribution in [-0.4, -0.2) is 268 Å². The number of carbonyl (C=O) groups excluding carboxylic acids is 17. The first-order valence-corrected chi connectivity index (χ1v) is 42.4. The molecule has 50 heteroatoms. The monoisotopic (exact) mass is 1870 g/mol. The molecule has 28 N–H and O–H groups in total. The lowest BCUT2D eigenvalue weighted by molar-refractivity contribution is -0.142. The zero-order valence-corrected chi connectivity index (χ0v) is 74.3. The molecular weight excluding hydrogens is 1760 g/mol. The smallest absolute Gasteiger partial charge is 0.340 e. The highest BCUT2D eigenvalue weighted by Crippen LogP contribution is 2.57. The number of ether oxygens (including phenoxy) is 2. The Morgan fingerprint density at radius 3 is 1.33 bits per heavy atom. The normalized spacial score (nSPS) is 15.1. The molecule has 0 aliphatic carbocycles. The van der Waals surface area contributed by atoms with Crippen molar-refractivity contribution in [2.24, 2.45) is 23.3 Å². The number of aromatic nitrogens is 4. The van der Waals surface area contributed by atoms with Gasteiger partial charge in [-0.3, -0.25) is 91.7 Å². The van der Waals surface area contributed by atoms with Gasteiger partial charge in [-0.25, -0.2) is 19.6 Å². The number of rotatable bonds is 51. The first kappa shape index (κ1) is 105. The van der Waals surface area contributed by atoms with Crippen LogP contribution in [0.2, 0.25) is 0 Å². The molecule has 0 radical (unpaired) electrons. The van der Waals surface area contributed by atoms with Crippen molar-refractivity contribution in [3.63, 3.8) is 0 Å². The van der Waals surface area contributed by atoms with Crippen LogP contribution in [0, 0.1) is 17.2 Å². The number of guanidine groups is 1. The number of carbonyl (C=O) groups is 20. The second-order valence-electron chi connectivity index (χ2n) is 32.2. The van der Waals surface area contributed by atoms with E-state index in [0.717, 1.165) is 6.92 Å². The molecule has 134 heavy (non-hydrogen) atoms. The van der Waals surface area contributed by atoms with Crippen LogP contribution >= 0.6 is 0 Å². The largest absolute Gasteiger partial charge is 0.508 e. The van der Waals surface area contributed by atoms with Crippen molar-refractivity contribution in [2.45, 2.75) is 217 Å². The first-order chi connectivity index (χ1) is 63.2. The zero-order chi connectivity index (χ0) is 99.3. The summed E-state index contributed by atoms with van der Waals surface area (Å²) < 4.78 is 12.1. The van der Waals surface area contributed by atoms with Gasteiger partial charge in [-0.15, -0.1) is 0 Å². The fourth-order valence-corrected chi connectivity index (χ4v) is 13.8. The van der Waals surface area contributed by atoms with E-state index in [4.69, 9.17) is 26.4 Å². The van der Waals surface area contributed by atoms with Crippen molar-refractivity contribution in [1.29, 1.82) is 5.41 Å². The van der Waals surface area contributed by atoms with Gasteiger partial charge in [0.05, 0.1) is 42.7 Å². The third kappa shape index (κ3) is 30.1. The van der Waals surface area contributed by atoms with Crippen molar-refractivity contribution in [2.75, 3.05) is 19.6 Å². The Kier molecular flexibility index (Phi) is 38.2. The molecule has 0 bridgehead atoms. The topological polar surface area (TPSA) is 787 Å². The molecule has 14 atom stereocenters. The summed E-state index contributed by atoms with van der Waals surface area (Å²) in [7, 11) is 0. The third-order valence-corrected chi connectivity index (χ3v) is 21.4. The van der Waals surface area contributed by atoms with Crippen LogP contribution in [0.1, 0.15) is 169 Å². The van der Waals surface area contributed by atoms with Crippen LogP contribution < -0.4 is 101 Å². The molecule has 1 spiro atoms. The van der Waals surface area contributed by atoms with Gasteiger partial charge in [0.2, 0.25) is 88.6 Å². The number of nitrogens with zero attached hydrogens (tertiary/aromatic N) is 2. The van der Waals surface area contributed by atoms with E-state index in [-0.39, 0.29) is 113 Å². The molecule has 2 aromatic heterocycles. The second-order valence-corrected chi connectivity index (χ2v) is 32.2. The fraction of sp³-hybridized carbons (Fsp3) is 0.464. The fourth-order valence-electron chi connectivity index (χ4n) is 13.8. The van der Waals surface area contributed by atoms with Crippen LogP contribution in [0.5, 0.6) is 23.0 Å². The van der Waals surface area contributed by atoms with Crippen LogP contribution in [0.3, 0.4) is 0 Å². The SMILES string of the molecule is CC[C@H](C)[C@H](NC(=O)[C@H](CCC(=O)O)NC(=O)[C@H](C)NC(=O)[C@H](Cc1c[nH]cn1)NC(=O)[C@H](C)NC(=O)[C@H](C)NC(=O)[C@H](Cc1c[nH]cn1)NC(=O)[C@@H](NC(=O)[C@H](C)NC(=O)[C@H](CCC(N)=O)NC(=O)c1ccc2c(c1)C1(OC2=O)c2ccc(O)cc2Oc2cc(O)ccc21)C(C)C)C(=O)NCC(=O)N[C@@H](CCC(=O)O)C(=O)N[C@@H](C)C(=O)NCC(=O)N[C@@H](CCCNC(=N)N)C(=O)O. The van der Waals surface area contributed by atoms with Crippen LogP contribution in [0.4, 0.5) is 0 Å². The van der Waals surface area contributed by atoms with Crippen LogP contribution in [-0.2, 0) is 109 Å². The van der Waals surface area contributed by atoms with Gasteiger partial charge >= 0.3 is 23.9 Å². The predicted molar refractivity (Wildman–Crippen MR) is 465 cm³/mol. The molecule has 0 unspecified atom stereocenters. The van der Waals surface area contributed by atoms with Crippen LogP contribution in [0.15, 0.2) is 79.6 Å². The van der Waals surface area contributed by atoms with E-state index in [2.05, 4.69) is 105 Å². The maximum atomic E-state index is 14.4. The summed E-state index contributed by atoms with van der Waals surface area (Å²) in [6.07, 6.45) is 1.51. The summed E-state index contributed by atoms with van der Waals surface area (Å²) in [6.45, 7) is 10.7. The Labute approximate surface area is 764 Å². The van der Waals surface area contributed by atoms with Gasteiger partial charge in [0.25, 0.3) is 5.91 Å². The lowest BCUT2D eigenvalue weighted by Gasteiger charge is -2.36. The minimum absolute atomic E-state index is 0.0330. The summed E-state index contributed by atoms with van der Waals surface area (Å²) in [4.78, 5) is 282. The van der Waals surface area contributed by atoms with E-state index >= 15 is 0 Å². The number of hydrogen-bond acceptors (Lipinski definition) is 27. The lowest BCUT2D eigenvalue weighted by atomic mass is 9.77. The third-order valence-electron chi connectivity index (χ3n) is 21.4. The van der Waals surface area contributed by atoms with Gasteiger partial charge < -0.3 is 142 Å². The summed E-state index contributed by atoms with van der Waals surface area (Å²) in [5.74, 6) is -23.1. The number of esters is 1. The highest BCUT2D eigenvalue weighted by molar-refractivity contribution is 6.04. The molecule has 3 aromatic carbocycles. The Morgan fingerprint density at radius 1 is 0.448 bits per heavy atom. The van der Waals surface area contributed by atoms with Crippen molar-refractivity contribution in [3.8, 4) is 23.0 Å². The molecular formula is C84H111N23O27. The number of carboxylic acid groups (broad SMARTS) is 3. The molecule has 0 saturated carbocycles. The van der Waals surface area contributed by atoms with Gasteiger partial charge in [-0.2, -0.15) is 0 Å². The molecule has 50 nitrogen and oxygen atoms in total. The number of nitrogens with two attached hydrogens (primary N) is 2. The molecule has 5 aromatic rings. The minimum Gasteiger partial charge on any atom is -0.508 e. The number of fused-ring (bicyclic) bond motifs is 6. The lowest BCUT2D eigenvalue weighted by Crippen LogP contribution is -2.60. The summed E-state index contributed by atoms with van der Waals surface area (Å²) in [5, 5.41) is 95.2. The molecule has 2 aliphatic heterocycles. The number of H-pyrrole nitrogens is 2. The Balaban J connectivity index is 0.932. The van der Waals surface area contributed by atoms with Crippen LogP contribution in [0.25, 0.3) is 0 Å². The standard InChI is InChI=1S/C84H111N23O27/c1-10-38(4)67(79(128)92-34-62(111)100-53(20-23-64(113)114)74(123)96-39(5)68(117)91-33-63(112)101-56(81(130)131)12-11-25-90-83(86)87)107-76(125)55(21-24-65(115)116)102-70(119)42(8)99-77(126)57(27-45-31-88-35-93-45)104-71(120)41(7)95-69(118)40(6)98-78(127)58(28-46-32-89-36-94-46)105-80(129)66(37(2)3)106-72(121)43(9)97-75(124)54(19-22-61(85)110)103-73(122)44-13-16-49-52(26-44)84(134-82(49)132)50-17-14-47(108)29-59(50)133-60-30-48(109)15-18-51(60)84/h13-18,26,29-32,35-43,53-58,66-67,108-109H,10-12,19-25,27-28,33-34H2,1-9H3,(H2,85,110)(H,88,93)(H,89,94)(H,91,117)(H,92,128)(H,95,118)(H,96,123)(H,97,124)(H,98,127)(H,99,126)(H,100,111)(H,101,112)(H,102,119)(H,103,122)(H,104,120)(H,105,129)(H,106,121)(H,107,125)(H,113,114)(H,115,116)(H,130,131)(H4,86,87,90)/t38-,39-,40-,41-,42-,43-,53-,54-,55-,56-,57-,58-,66-,67-/m0/s1. The maximum absolute atomic E-state index is 14.4. The molecule has 2 aliphatic rings. The number of aliphatic carboxylic acids is 3. The number of primary amides is 1. The van der Waals surface area contributed by atoms with E-state index in [0.29, 0.717) is 0 Å². The highest BCUT2D eigenvalue weighted by Gasteiger charge is 2.54. The number of amides is 16. The van der Waals surface area contributed by atoms with E-state index in [9.17, 15) is 121 Å². The average molecular weight is 1870 g/mol. The van der Waals surface area contributed by atoms with E-state index in [1.165, 1.54) is 114 Å². The minimum atomic E-state index is -1.79. The quantitative estimate of drug-likeness (QED) is 0.00749. The predicted octanol–water partition coefficient (Wildman–Crippen LogP) is -5.11. The zero-order valence-electron chi connectivity index (χ0n) is 74.3. The number of imidazole rings is 2. The number of carboxylic acids is 3. The van der Waals surface area contributed by atoms with Crippen molar-refractivity contribution in [1.82, 2.24) is 105 Å². The molecule has 724 valence electrons. The number of aromatic hydroxyl groups is 2. The molecule has 0 fully saturated rings. The Hall–Kier alpha value is -15.9. The molecule has 7 rings (SSSR count). The Morgan fingerprint density at radius 2 is 0.866 bits per heavy atom. The molecule has 0 saturated heterocycles. The van der Waals surface area contributed by atoms with Gasteiger partial charge in [0, 0.05) is 85.4 Å². The molecule has 16 amide bonds. The molecule has 4 heterocycles. The van der Waals surface area contributed by atoms with Crippen molar-refractivity contribution >= 4 is 124 Å². The number of aromatic amines is 2. The summed E-state index contributed by atoms with van der Waals surface area (Å²) in [5.41, 5.74) is 9.90. The van der Waals surface area contributed by atoms with Crippen molar-refractivity contribution < 1.29 is 131 Å².